The molecule has 0 bridgehead atoms. The van der Waals surface area contributed by atoms with E-state index in [9.17, 15) is 9.59 Å². The third kappa shape index (κ3) is 4.07. The fourth-order valence-electron chi connectivity index (χ4n) is 4.96. The minimum Gasteiger partial charge on any atom is -0.356 e. The van der Waals surface area contributed by atoms with Crippen molar-refractivity contribution in [2.45, 2.75) is 32.1 Å². The van der Waals surface area contributed by atoms with Gasteiger partial charge in [-0.3, -0.25) is 14.6 Å². The highest BCUT2D eigenvalue weighted by Gasteiger charge is 2.58. The van der Waals surface area contributed by atoms with E-state index < -0.39 is 0 Å². The average Bonchev–Trinajstić information content (AvgIpc) is 3.32. The summed E-state index contributed by atoms with van der Waals surface area (Å²) in [6, 6.07) is 13.9. The number of para-hydroxylation sites is 1. The summed E-state index contributed by atoms with van der Waals surface area (Å²) in [5.41, 5.74) is 2.99. The summed E-state index contributed by atoms with van der Waals surface area (Å²) in [4.78, 5) is 34.7. The molecular formula is C25H28N4O2. The van der Waals surface area contributed by atoms with Crippen LogP contribution in [0.1, 0.15) is 41.7 Å². The minimum absolute atomic E-state index is 0.0591. The van der Waals surface area contributed by atoms with Gasteiger partial charge in [0.1, 0.15) is 5.69 Å². The maximum absolute atomic E-state index is 12.9. The van der Waals surface area contributed by atoms with E-state index in [1.165, 1.54) is 5.56 Å². The molecule has 1 saturated carbocycles. The monoisotopic (exact) mass is 416 g/mol. The molecule has 160 valence electrons. The van der Waals surface area contributed by atoms with E-state index in [4.69, 9.17) is 0 Å². The number of rotatable bonds is 6. The summed E-state index contributed by atoms with van der Waals surface area (Å²) in [7, 11) is 0. The number of nitrogens with one attached hydrogen (secondary N) is 2. The van der Waals surface area contributed by atoms with Crippen LogP contribution in [0.15, 0.2) is 54.9 Å². The summed E-state index contributed by atoms with van der Waals surface area (Å²) in [5.74, 6) is 0.354. The van der Waals surface area contributed by atoms with E-state index in [-0.39, 0.29) is 23.1 Å². The van der Waals surface area contributed by atoms with Crippen LogP contribution in [-0.4, -0.2) is 46.3 Å². The molecule has 1 aromatic carbocycles. The highest BCUT2D eigenvalue weighted by molar-refractivity contribution is 5.98. The zero-order chi connectivity index (χ0) is 21.3. The number of aromatic amines is 1. The second-order valence-corrected chi connectivity index (χ2v) is 8.93. The second-order valence-electron chi connectivity index (χ2n) is 8.93. The first-order valence-electron chi connectivity index (χ1n) is 11.2. The van der Waals surface area contributed by atoms with Gasteiger partial charge in [0.2, 0.25) is 5.91 Å². The van der Waals surface area contributed by atoms with E-state index in [2.05, 4.69) is 15.3 Å². The summed E-state index contributed by atoms with van der Waals surface area (Å²) in [5, 5.41) is 4.18. The first kappa shape index (κ1) is 19.8. The summed E-state index contributed by atoms with van der Waals surface area (Å²) in [6.07, 6.45) is 8.26. The predicted molar refractivity (Wildman–Crippen MR) is 120 cm³/mol. The normalized spacial score (nSPS) is 19.5. The van der Waals surface area contributed by atoms with Crippen molar-refractivity contribution in [3.8, 4) is 0 Å². The van der Waals surface area contributed by atoms with Crippen LogP contribution in [0.2, 0.25) is 0 Å². The summed E-state index contributed by atoms with van der Waals surface area (Å²) >= 11 is 0. The smallest absolute Gasteiger partial charge is 0.270 e. The zero-order valence-corrected chi connectivity index (χ0v) is 17.6. The van der Waals surface area contributed by atoms with Crippen LogP contribution in [0.4, 0.5) is 0 Å². The summed E-state index contributed by atoms with van der Waals surface area (Å²) in [6.45, 7) is 2.15. The Kier molecular flexibility index (Phi) is 5.22. The van der Waals surface area contributed by atoms with Crippen molar-refractivity contribution in [1.82, 2.24) is 20.2 Å². The van der Waals surface area contributed by atoms with Gasteiger partial charge in [-0.15, -0.1) is 0 Å². The minimum atomic E-state index is 0.0591. The lowest BCUT2D eigenvalue weighted by Crippen LogP contribution is -2.40. The number of carbonyl (C=O) groups is 2. The Bertz CT molecular complexity index is 1050. The predicted octanol–water partition coefficient (Wildman–Crippen LogP) is 3.55. The molecule has 6 heteroatoms. The fourth-order valence-corrected chi connectivity index (χ4v) is 4.96. The van der Waals surface area contributed by atoms with Crippen LogP contribution < -0.4 is 5.32 Å². The first-order valence-corrected chi connectivity index (χ1v) is 11.2. The number of aryl methyl sites for hydroxylation is 1. The van der Waals surface area contributed by atoms with Gasteiger partial charge >= 0.3 is 0 Å². The van der Waals surface area contributed by atoms with Crippen LogP contribution in [-0.2, 0) is 11.2 Å². The molecule has 1 spiro atoms. The molecule has 2 amide bonds. The molecule has 5 rings (SSSR count). The largest absolute Gasteiger partial charge is 0.356 e. The molecule has 2 aromatic heterocycles. The van der Waals surface area contributed by atoms with Gasteiger partial charge in [0.05, 0.1) is 0 Å². The highest BCUT2D eigenvalue weighted by Crippen LogP contribution is 2.59. The number of nitrogens with zero attached hydrogens (tertiary/aromatic N) is 2. The van der Waals surface area contributed by atoms with Gasteiger partial charge in [-0.05, 0) is 67.3 Å². The number of H-pyrrole nitrogens is 1. The van der Waals surface area contributed by atoms with Gasteiger partial charge in [0, 0.05) is 48.8 Å². The Labute approximate surface area is 182 Å². The van der Waals surface area contributed by atoms with Gasteiger partial charge in [0.25, 0.3) is 5.91 Å². The van der Waals surface area contributed by atoms with Crippen molar-refractivity contribution >= 4 is 22.7 Å². The van der Waals surface area contributed by atoms with E-state index in [0.717, 1.165) is 56.1 Å². The van der Waals surface area contributed by atoms with Crippen molar-refractivity contribution in [1.29, 1.82) is 0 Å². The molecule has 2 fully saturated rings. The second kappa shape index (κ2) is 8.17. The third-order valence-electron chi connectivity index (χ3n) is 7.00. The van der Waals surface area contributed by atoms with Gasteiger partial charge in [-0.1, -0.05) is 18.2 Å². The molecule has 3 aromatic rings. The van der Waals surface area contributed by atoms with Crippen molar-refractivity contribution in [3.63, 3.8) is 0 Å². The van der Waals surface area contributed by atoms with Crippen LogP contribution in [0.25, 0.3) is 10.9 Å². The lowest BCUT2D eigenvalue weighted by molar-refractivity contribution is -0.123. The maximum atomic E-state index is 12.9. The fraction of sp³-hybridized carbons (Fsp3) is 0.400. The molecule has 0 radical (unpaired) electrons. The Morgan fingerprint density at radius 3 is 2.68 bits per heavy atom. The molecule has 1 atom stereocenters. The molecule has 2 aliphatic rings. The maximum Gasteiger partial charge on any atom is 0.270 e. The molecule has 2 N–H and O–H groups in total. The van der Waals surface area contributed by atoms with Crippen LogP contribution in [0.5, 0.6) is 0 Å². The number of piperidine rings is 1. The third-order valence-corrected chi connectivity index (χ3v) is 7.00. The molecule has 31 heavy (non-hydrogen) atoms. The quantitative estimate of drug-likeness (QED) is 0.603. The summed E-state index contributed by atoms with van der Waals surface area (Å²) < 4.78 is 0. The van der Waals surface area contributed by atoms with E-state index in [1.807, 2.05) is 47.4 Å². The molecule has 6 nitrogen and oxygen atoms in total. The standard InChI is InChI=1S/C25H28N4O2/c30-23(27-11-3-4-18-7-12-26-13-8-18)20-17-25(20)9-14-29(15-10-25)24(31)22-16-19-5-1-2-6-21(19)28-22/h1-2,5-8,12-13,16,20,28H,3-4,9-11,14-15,17H2,(H,27,30)/t20-/m0/s1. The van der Waals surface area contributed by atoms with E-state index >= 15 is 0 Å². The molecule has 3 heterocycles. The SMILES string of the molecule is O=C(NCCCc1ccncc1)[C@@H]1CC12CCN(C(=O)c1cc3ccccc3[nH]1)CC2. The number of aromatic nitrogens is 2. The van der Waals surface area contributed by atoms with Gasteiger partial charge in [-0.2, -0.15) is 0 Å². The van der Waals surface area contributed by atoms with Gasteiger partial charge < -0.3 is 15.2 Å². The van der Waals surface area contributed by atoms with Crippen LogP contribution in [0, 0.1) is 11.3 Å². The number of benzene rings is 1. The van der Waals surface area contributed by atoms with Crippen molar-refractivity contribution < 1.29 is 9.59 Å². The molecule has 1 aliphatic heterocycles. The lowest BCUT2D eigenvalue weighted by atomic mass is 9.90. The van der Waals surface area contributed by atoms with Crippen LogP contribution in [0.3, 0.4) is 0 Å². The van der Waals surface area contributed by atoms with Crippen molar-refractivity contribution in [3.05, 3.63) is 66.1 Å². The number of hydrogen-bond acceptors (Lipinski definition) is 3. The average molecular weight is 417 g/mol. The van der Waals surface area contributed by atoms with Crippen molar-refractivity contribution in [2.24, 2.45) is 11.3 Å². The number of hydrogen-bond donors (Lipinski definition) is 2. The van der Waals surface area contributed by atoms with Crippen LogP contribution >= 0.6 is 0 Å². The topological polar surface area (TPSA) is 78.1 Å². The van der Waals surface area contributed by atoms with Gasteiger partial charge in [-0.25, -0.2) is 0 Å². The van der Waals surface area contributed by atoms with Gasteiger partial charge in [0.15, 0.2) is 0 Å². The van der Waals surface area contributed by atoms with Crippen molar-refractivity contribution in [2.75, 3.05) is 19.6 Å². The number of carbonyl (C=O) groups excluding carboxylic acids is 2. The van der Waals surface area contributed by atoms with E-state index in [0.29, 0.717) is 12.2 Å². The molecule has 1 aliphatic carbocycles. The highest BCUT2D eigenvalue weighted by atomic mass is 16.2. The number of amides is 2. The molecule has 0 unspecified atom stereocenters. The zero-order valence-electron chi connectivity index (χ0n) is 17.6. The number of pyridine rings is 1. The number of fused-ring (bicyclic) bond motifs is 1. The van der Waals surface area contributed by atoms with E-state index in [1.54, 1.807) is 12.4 Å². The molecule has 1 saturated heterocycles. The Balaban J connectivity index is 1.09. The number of likely N-dealkylation sites (tertiary alicyclic amines) is 1. The first-order chi connectivity index (χ1) is 15.1. The lowest BCUT2D eigenvalue weighted by Gasteiger charge is -2.32. The Morgan fingerprint density at radius 2 is 1.90 bits per heavy atom. The molecular weight excluding hydrogens is 388 g/mol. The Morgan fingerprint density at radius 1 is 1.13 bits per heavy atom. The Hall–Kier alpha value is -3.15.